The van der Waals surface area contributed by atoms with Crippen LogP contribution in [0, 0.1) is 0 Å². The first kappa shape index (κ1) is 13.3. The van der Waals surface area contributed by atoms with E-state index in [1.165, 1.54) is 25.3 Å². The van der Waals surface area contributed by atoms with Gasteiger partial charge in [0.15, 0.2) is 0 Å². The van der Waals surface area contributed by atoms with E-state index in [0.717, 1.165) is 7.11 Å². The highest BCUT2D eigenvalue weighted by Gasteiger charge is 2.44. The van der Waals surface area contributed by atoms with Gasteiger partial charge in [-0.2, -0.15) is 18.2 Å². The molecule has 0 N–H and O–H groups in total. The predicted molar refractivity (Wildman–Crippen MR) is 53.5 cm³/mol. The molecule has 0 aliphatic carbocycles. The average Bonchev–Trinajstić information content (AvgIpc) is 2.29. The van der Waals surface area contributed by atoms with Crippen molar-refractivity contribution in [2.75, 3.05) is 19.3 Å². The molecule has 1 amide bonds. The van der Waals surface area contributed by atoms with Crippen molar-refractivity contribution in [1.29, 1.82) is 0 Å². The predicted octanol–water partition coefficient (Wildman–Crippen LogP) is 2.15. The van der Waals surface area contributed by atoms with Crippen LogP contribution in [0.1, 0.15) is 0 Å². The van der Waals surface area contributed by atoms with Crippen LogP contribution in [-0.4, -0.2) is 26.3 Å². The Labute approximate surface area is 95.5 Å². The van der Waals surface area contributed by atoms with Gasteiger partial charge in [0.25, 0.3) is 0 Å². The lowest BCUT2D eigenvalue weighted by molar-refractivity contribution is -0.177. The van der Waals surface area contributed by atoms with Gasteiger partial charge in [0.05, 0.1) is 14.2 Å². The Kier molecular flexibility index (Phi) is 3.95. The van der Waals surface area contributed by atoms with Gasteiger partial charge in [0, 0.05) is 0 Å². The minimum atomic E-state index is -5.02. The summed E-state index contributed by atoms with van der Waals surface area (Å²) in [4.78, 5) is 15.5. The summed E-state index contributed by atoms with van der Waals surface area (Å²) in [6.45, 7) is 0. The summed E-state index contributed by atoms with van der Waals surface area (Å²) < 4.78 is 41.7. The Hall–Kier alpha value is -1.76. The Morgan fingerprint density at radius 3 is 2.29 bits per heavy atom. The molecule has 7 heteroatoms. The molecule has 0 atom stereocenters. The van der Waals surface area contributed by atoms with Crippen LogP contribution in [0.25, 0.3) is 0 Å². The highest BCUT2D eigenvalue weighted by atomic mass is 19.4. The number of hydrogen-bond donors (Lipinski definition) is 0. The summed E-state index contributed by atoms with van der Waals surface area (Å²) in [6.07, 6.45) is -5.02. The third-order valence-electron chi connectivity index (χ3n) is 1.91. The van der Waals surface area contributed by atoms with E-state index in [1.54, 1.807) is 6.07 Å². The van der Waals surface area contributed by atoms with E-state index in [2.05, 4.69) is 4.84 Å². The molecule has 0 unspecified atom stereocenters. The summed E-state index contributed by atoms with van der Waals surface area (Å²) in [6, 6.07) is 5.73. The summed E-state index contributed by atoms with van der Waals surface area (Å²) in [5.41, 5.74) is -0.111. The molecule has 0 saturated carbocycles. The number of methoxy groups -OCH3 is 1. The zero-order valence-electron chi connectivity index (χ0n) is 9.12. The molecule has 0 radical (unpaired) electrons. The Bertz CT molecular complexity index is 406. The number of para-hydroxylation sites is 2. The maximum Gasteiger partial charge on any atom is 0.473 e. The van der Waals surface area contributed by atoms with Crippen LogP contribution in [0.2, 0.25) is 0 Å². The maximum absolute atomic E-state index is 12.3. The highest BCUT2D eigenvalue weighted by Crippen LogP contribution is 2.31. The number of carbonyl (C=O) groups is 1. The van der Waals surface area contributed by atoms with E-state index in [-0.39, 0.29) is 16.5 Å². The molecule has 1 rings (SSSR count). The van der Waals surface area contributed by atoms with Gasteiger partial charge >= 0.3 is 12.1 Å². The second kappa shape index (κ2) is 5.05. The monoisotopic (exact) mass is 249 g/mol. The number of anilines is 1. The standard InChI is InChI=1S/C10H10F3NO3/c1-16-8-6-4-3-5-7(8)14(17-2)9(15)10(11,12)13/h3-6H,1-2H3. The van der Waals surface area contributed by atoms with Gasteiger partial charge in [0.2, 0.25) is 0 Å². The van der Waals surface area contributed by atoms with Gasteiger partial charge < -0.3 is 4.74 Å². The number of benzene rings is 1. The first-order valence-electron chi connectivity index (χ1n) is 4.50. The lowest BCUT2D eigenvalue weighted by atomic mass is 10.3. The normalized spacial score (nSPS) is 11.1. The molecule has 4 nitrogen and oxygen atoms in total. The van der Waals surface area contributed by atoms with Crippen LogP contribution in [-0.2, 0) is 9.63 Å². The molecule has 0 fully saturated rings. The number of nitrogens with zero attached hydrogens (tertiary/aromatic N) is 1. The van der Waals surface area contributed by atoms with Crippen molar-refractivity contribution < 1.29 is 27.5 Å². The van der Waals surface area contributed by atoms with Crippen molar-refractivity contribution in [2.24, 2.45) is 0 Å². The van der Waals surface area contributed by atoms with Crippen molar-refractivity contribution in [3.63, 3.8) is 0 Å². The van der Waals surface area contributed by atoms with Crippen molar-refractivity contribution in [2.45, 2.75) is 6.18 Å². The molecule has 0 saturated heterocycles. The first-order valence-corrected chi connectivity index (χ1v) is 4.50. The van der Waals surface area contributed by atoms with E-state index in [0.29, 0.717) is 0 Å². The maximum atomic E-state index is 12.3. The van der Waals surface area contributed by atoms with E-state index in [4.69, 9.17) is 4.74 Å². The fourth-order valence-corrected chi connectivity index (χ4v) is 1.20. The Morgan fingerprint density at radius 2 is 1.82 bits per heavy atom. The minimum Gasteiger partial charge on any atom is -0.494 e. The lowest BCUT2D eigenvalue weighted by Gasteiger charge is -2.22. The van der Waals surface area contributed by atoms with Crippen molar-refractivity contribution in [1.82, 2.24) is 0 Å². The number of ether oxygens (including phenoxy) is 1. The fourth-order valence-electron chi connectivity index (χ4n) is 1.20. The first-order chi connectivity index (χ1) is 7.91. The molecule has 0 spiro atoms. The largest absolute Gasteiger partial charge is 0.494 e. The second-order valence-electron chi connectivity index (χ2n) is 2.95. The number of amides is 1. The van der Waals surface area contributed by atoms with Gasteiger partial charge in [-0.1, -0.05) is 12.1 Å². The summed E-state index contributed by atoms with van der Waals surface area (Å²) in [5, 5.41) is 0.138. The molecule has 1 aromatic rings. The molecule has 94 valence electrons. The average molecular weight is 249 g/mol. The molecule has 0 heterocycles. The molecule has 1 aromatic carbocycles. The molecule has 0 aromatic heterocycles. The van der Waals surface area contributed by atoms with E-state index in [1.807, 2.05) is 0 Å². The van der Waals surface area contributed by atoms with Crippen molar-refractivity contribution in [3.8, 4) is 5.75 Å². The third kappa shape index (κ3) is 2.88. The fraction of sp³-hybridized carbons (Fsp3) is 0.300. The van der Waals surface area contributed by atoms with Gasteiger partial charge in [-0.25, -0.2) is 0 Å². The molecular weight excluding hydrogens is 239 g/mol. The van der Waals surface area contributed by atoms with Gasteiger partial charge in [-0.15, -0.1) is 0 Å². The number of halogens is 3. The highest BCUT2D eigenvalue weighted by molar-refractivity contribution is 5.96. The number of carbonyl (C=O) groups excluding carboxylic acids is 1. The Morgan fingerprint density at radius 1 is 1.24 bits per heavy atom. The smallest absolute Gasteiger partial charge is 0.473 e. The molecule has 0 bridgehead atoms. The third-order valence-corrected chi connectivity index (χ3v) is 1.91. The van der Waals surface area contributed by atoms with Crippen molar-refractivity contribution >= 4 is 11.6 Å². The van der Waals surface area contributed by atoms with Crippen LogP contribution < -0.4 is 9.80 Å². The molecule has 17 heavy (non-hydrogen) atoms. The topological polar surface area (TPSA) is 38.8 Å². The second-order valence-corrected chi connectivity index (χ2v) is 2.95. The lowest BCUT2D eigenvalue weighted by Crippen LogP contribution is -2.40. The van der Waals surface area contributed by atoms with Crippen LogP contribution in [0.4, 0.5) is 18.9 Å². The molecular formula is C10H10F3NO3. The number of hydroxylamine groups is 1. The molecule has 0 aliphatic heterocycles. The number of alkyl halides is 3. The zero-order valence-corrected chi connectivity index (χ0v) is 9.12. The van der Waals surface area contributed by atoms with Crippen LogP contribution in [0.3, 0.4) is 0 Å². The molecule has 0 aliphatic rings. The minimum absolute atomic E-state index is 0.104. The van der Waals surface area contributed by atoms with E-state index in [9.17, 15) is 18.0 Å². The summed E-state index contributed by atoms with van der Waals surface area (Å²) in [5.74, 6) is -2.02. The van der Waals surface area contributed by atoms with Gasteiger partial charge in [-0.3, -0.25) is 9.63 Å². The summed E-state index contributed by atoms with van der Waals surface area (Å²) in [7, 11) is 2.25. The zero-order chi connectivity index (χ0) is 13.1. The summed E-state index contributed by atoms with van der Waals surface area (Å²) >= 11 is 0. The quantitative estimate of drug-likeness (QED) is 0.770. The number of rotatable bonds is 3. The van der Waals surface area contributed by atoms with Crippen LogP contribution in [0.15, 0.2) is 24.3 Å². The van der Waals surface area contributed by atoms with Crippen LogP contribution >= 0.6 is 0 Å². The van der Waals surface area contributed by atoms with Gasteiger partial charge in [-0.05, 0) is 12.1 Å². The van der Waals surface area contributed by atoms with Crippen LogP contribution in [0.5, 0.6) is 5.75 Å². The number of hydrogen-bond acceptors (Lipinski definition) is 3. The van der Waals surface area contributed by atoms with Gasteiger partial charge in [0.1, 0.15) is 11.4 Å². The van der Waals surface area contributed by atoms with Crippen molar-refractivity contribution in [3.05, 3.63) is 24.3 Å². The van der Waals surface area contributed by atoms with E-state index >= 15 is 0 Å². The van der Waals surface area contributed by atoms with E-state index < -0.39 is 12.1 Å². The Balaban J connectivity index is 3.14. The SMILES string of the molecule is COc1ccccc1N(OC)C(=O)C(F)(F)F.